The van der Waals surface area contributed by atoms with Crippen LogP contribution in [0.3, 0.4) is 0 Å². The highest BCUT2D eigenvalue weighted by Gasteiger charge is 2.40. The van der Waals surface area contributed by atoms with E-state index in [1.54, 1.807) is 26.0 Å². The molecule has 6 nitrogen and oxygen atoms in total. The van der Waals surface area contributed by atoms with Gasteiger partial charge in [-0.3, -0.25) is 9.59 Å². The van der Waals surface area contributed by atoms with Gasteiger partial charge in [0.25, 0.3) is 0 Å². The molecule has 0 radical (unpaired) electrons. The van der Waals surface area contributed by atoms with Gasteiger partial charge in [0.2, 0.25) is 11.8 Å². The number of anilines is 1. The summed E-state index contributed by atoms with van der Waals surface area (Å²) < 4.78 is 5.61. The fourth-order valence-corrected chi connectivity index (χ4v) is 4.49. The quantitative estimate of drug-likeness (QED) is 0.714. The fraction of sp³-hybridized carbons (Fsp3) is 0.440. The molecule has 2 aromatic rings. The molecule has 0 aliphatic heterocycles. The molecule has 1 aliphatic rings. The average Bonchev–Trinajstić information content (AvgIpc) is 2.79. The highest BCUT2D eigenvalue weighted by molar-refractivity contribution is 5.91. The van der Waals surface area contributed by atoms with E-state index in [9.17, 15) is 9.59 Å². The van der Waals surface area contributed by atoms with Crippen LogP contribution in [0.15, 0.2) is 42.5 Å². The largest absolute Gasteiger partial charge is 0.496 e. The molecule has 2 amide bonds. The van der Waals surface area contributed by atoms with Gasteiger partial charge >= 0.3 is 0 Å². The van der Waals surface area contributed by atoms with Crippen LogP contribution in [0.4, 0.5) is 5.69 Å². The molecular formula is C25H33N3O3. The summed E-state index contributed by atoms with van der Waals surface area (Å²) in [4.78, 5) is 25.7. The summed E-state index contributed by atoms with van der Waals surface area (Å²) in [6.07, 6.45) is 3.99. The first-order valence-electron chi connectivity index (χ1n) is 10.8. The molecule has 31 heavy (non-hydrogen) atoms. The van der Waals surface area contributed by atoms with Crippen molar-refractivity contribution in [3.63, 3.8) is 0 Å². The Hall–Kier alpha value is -2.86. The third-order valence-electron chi connectivity index (χ3n) is 6.74. The summed E-state index contributed by atoms with van der Waals surface area (Å²) in [5.41, 5.74) is 9.28. The zero-order chi connectivity index (χ0) is 22.6. The summed E-state index contributed by atoms with van der Waals surface area (Å²) in [5.74, 6) is 0.531. The maximum absolute atomic E-state index is 12.5. The molecule has 1 aliphatic carbocycles. The molecule has 2 aromatic carbocycles. The number of carbonyl (C=O) groups is 2. The van der Waals surface area contributed by atoms with Crippen molar-refractivity contribution in [3.8, 4) is 16.9 Å². The number of nitrogens with zero attached hydrogens (tertiary/aromatic N) is 1. The Bertz CT molecular complexity index is 932. The first kappa shape index (κ1) is 22.8. The molecular weight excluding hydrogens is 390 g/mol. The number of amides is 2. The van der Waals surface area contributed by atoms with Gasteiger partial charge in [0.1, 0.15) is 5.75 Å². The minimum atomic E-state index is -0.548. The summed E-state index contributed by atoms with van der Waals surface area (Å²) in [7, 11) is 5.38. The topological polar surface area (TPSA) is 84.7 Å². The number of hydrogen-bond acceptors (Lipinski definition) is 4. The molecule has 0 heterocycles. The second-order valence-corrected chi connectivity index (χ2v) is 8.54. The molecule has 6 heteroatoms. The highest BCUT2D eigenvalue weighted by Crippen LogP contribution is 2.41. The van der Waals surface area contributed by atoms with Crippen LogP contribution in [-0.2, 0) is 16.0 Å². The van der Waals surface area contributed by atoms with Crippen LogP contribution in [-0.4, -0.2) is 39.1 Å². The zero-order valence-electron chi connectivity index (χ0n) is 18.9. The first-order valence-corrected chi connectivity index (χ1v) is 10.8. The number of rotatable bonds is 7. The number of carbonyl (C=O) groups excluding carboxylic acids is 2. The van der Waals surface area contributed by atoms with Crippen LogP contribution in [0.5, 0.6) is 5.75 Å². The van der Waals surface area contributed by atoms with Crippen LogP contribution in [0.25, 0.3) is 11.1 Å². The molecule has 1 fully saturated rings. The van der Waals surface area contributed by atoms with Crippen molar-refractivity contribution < 1.29 is 14.3 Å². The Morgan fingerprint density at radius 3 is 2.26 bits per heavy atom. The normalized spacial score (nSPS) is 20.8. The number of methoxy groups -OCH3 is 1. The van der Waals surface area contributed by atoms with E-state index in [0.29, 0.717) is 12.5 Å². The lowest BCUT2D eigenvalue weighted by atomic mass is 9.68. The minimum Gasteiger partial charge on any atom is -0.496 e. The fourth-order valence-electron chi connectivity index (χ4n) is 4.49. The monoisotopic (exact) mass is 423 g/mol. The van der Waals surface area contributed by atoms with Gasteiger partial charge in [-0.25, -0.2) is 0 Å². The molecule has 1 saturated carbocycles. The van der Waals surface area contributed by atoms with Gasteiger partial charge in [-0.2, -0.15) is 0 Å². The lowest BCUT2D eigenvalue weighted by molar-refractivity contribution is -0.129. The van der Waals surface area contributed by atoms with Crippen LogP contribution in [0.1, 0.15) is 38.2 Å². The maximum atomic E-state index is 12.5. The zero-order valence-corrected chi connectivity index (χ0v) is 18.9. The van der Waals surface area contributed by atoms with Crippen molar-refractivity contribution in [2.24, 2.45) is 11.1 Å². The Balaban J connectivity index is 1.90. The summed E-state index contributed by atoms with van der Waals surface area (Å²) in [5, 5.41) is 3.32. The van der Waals surface area contributed by atoms with Gasteiger partial charge in [-0.1, -0.05) is 18.2 Å². The Morgan fingerprint density at radius 1 is 1.13 bits per heavy atom. The van der Waals surface area contributed by atoms with Crippen LogP contribution in [0.2, 0.25) is 0 Å². The molecule has 0 spiro atoms. The smallest absolute Gasteiger partial charge is 0.223 e. The third-order valence-corrected chi connectivity index (χ3v) is 6.74. The van der Waals surface area contributed by atoms with Gasteiger partial charge in [-0.15, -0.1) is 0 Å². The van der Waals surface area contributed by atoms with E-state index < -0.39 is 5.41 Å². The van der Waals surface area contributed by atoms with E-state index >= 15 is 0 Å². The number of benzene rings is 2. The van der Waals surface area contributed by atoms with Crippen molar-refractivity contribution in [1.29, 1.82) is 0 Å². The van der Waals surface area contributed by atoms with Crippen LogP contribution >= 0.6 is 0 Å². The molecule has 166 valence electrons. The summed E-state index contributed by atoms with van der Waals surface area (Å²) in [6.45, 7) is 1.54. The number of ether oxygens (including phenoxy) is 1. The van der Waals surface area contributed by atoms with Gasteiger partial charge in [0.05, 0.1) is 12.5 Å². The van der Waals surface area contributed by atoms with Crippen LogP contribution in [0, 0.1) is 5.41 Å². The molecule has 0 bridgehead atoms. The van der Waals surface area contributed by atoms with Crippen molar-refractivity contribution >= 4 is 17.5 Å². The van der Waals surface area contributed by atoms with E-state index in [1.165, 1.54) is 0 Å². The average molecular weight is 424 g/mol. The Kier molecular flexibility index (Phi) is 7.01. The number of primary amides is 1. The van der Waals surface area contributed by atoms with Crippen LogP contribution < -0.4 is 20.7 Å². The number of hydrogen-bond donors (Lipinski definition) is 2. The third kappa shape index (κ3) is 4.90. The summed E-state index contributed by atoms with van der Waals surface area (Å²) in [6, 6.07) is 14.4. The summed E-state index contributed by atoms with van der Waals surface area (Å²) >= 11 is 0. The molecule has 0 unspecified atom stereocenters. The van der Waals surface area contributed by atoms with E-state index in [4.69, 9.17) is 10.5 Å². The predicted octanol–water partition coefficient (Wildman–Crippen LogP) is 3.52. The van der Waals surface area contributed by atoms with Crippen molar-refractivity contribution in [3.05, 3.63) is 48.0 Å². The Labute approximate surface area is 184 Å². The van der Waals surface area contributed by atoms with Crippen molar-refractivity contribution in [2.75, 3.05) is 26.1 Å². The highest BCUT2D eigenvalue weighted by atomic mass is 16.5. The molecule has 0 aromatic heterocycles. The van der Waals surface area contributed by atoms with E-state index in [1.807, 2.05) is 43.4 Å². The SMILES string of the molecule is CNC1CCC(Cc2cc(-c3ccc(N(C)C(C)=O)cc3)ccc2OC)(C(N)=O)CC1. The second-order valence-electron chi connectivity index (χ2n) is 8.54. The molecule has 0 atom stereocenters. The second kappa shape index (κ2) is 9.52. The van der Waals surface area contributed by atoms with Crippen molar-refractivity contribution in [1.82, 2.24) is 5.32 Å². The van der Waals surface area contributed by atoms with Gasteiger partial charge in [0.15, 0.2) is 0 Å². The van der Waals surface area contributed by atoms with Gasteiger partial charge < -0.3 is 20.7 Å². The van der Waals surface area contributed by atoms with Gasteiger partial charge in [0, 0.05) is 25.7 Å². The maximum Gasteiger partial charge on any atom is 0.223 e. The molecule has 3 rings (SSSR count). The lowest BCUT2D eigenvalue weighted by Crippen LogP contribution is -2.45. The number of nitrogens with one attached hydrogen (secondary N) is 1. The standard InChI is InChI=1S/C25H33N3O3/c1-17(29)28(3)22-8-5-18(6-9-22)19-7-10-23(31-4)20(15-19)16-25(24(26)30)13-11-21(27-2)12-14-25/h5-10,15,21,27H,11-14,16H2,1-4H3,(H2,26,30). The van der Waals surface area contributed by atoms with Crippen molar-refractivity contribution in [2.45, 2.75) is 45.1 Å². The molecule has 3 N–H and O–H groups in total. The number of nitrogens with two attached hydrogens (primary N) is 1. The van der Waals surface area contributed by atoms with E-state index in [0.717, 1.165) is 53.8 Å². The first-order chi connectivity index (χ1) is 14.8. The Morgan fingerprint density at radius 2 is 1.74 bits per heavy atom. The minimum absolute atomic E-state index is 0.00997. The predicted molar refractivity (Wildman–Crippen MR) is 124 cm³/mol. The van der Waals surface area contributed by atoms with Gasteiger partial charge in [-0.05, 0) is 80.1 Å². The van der Waals surface area contributed by atoms with E-state index in [-0.39, 0.29) is 11.8 Å². The molecule has 0 saturated heterocycles. The van der Waals surface area contributed by atoms with E-state index in [2.05, 4.69) is 11.4 Å². The lowest BCUT2D eigenvalue weighted by Gasteiger charge is -2.38.